The van der Waals surface area contributed by atoms with Gasteiger partial charge in [0.2, 0.25) is 5.91 Å². The first-order valence-corrected chi connectivity index (χ1v) is 10.0. The van der Waals surface area contributed by atoms with Crippen LogP contribution in [0.1, 0.15) is 25.3 Å². The highest BCUT2D eigenvalue weighted by molar-refractivity contribution is 5.88. The van der Waals surface area contributed by atoms with Crippen molar-refractivity contribution in [2.75, 3.05) is 19.8 Å². The van der Waals surface area contributed by atoms with Gasteiger partial charge in [-0.15, -0.1) is 0 Å². The summed E-state index contributed by atoms with van der Waals surface area (Å²) in [6.07, 6.45) is 2.03. The summed E-state index contributed by atoms with van der Waals surface area (Å²) in [6, 6.07) is 18.2. The second-order valence-electron chi connectivity index (χ2n) is 7.17. The molecule has 0 aromatic heterocycles. The second kappa shape index (κ2) is 10.6. The Hall–Kier alpha value is -2.86. The minimum atomic E-state index is -0.622. The molecule has 1 fully saturated rings. The molecule has 2 atom stereocenters. The summed E-state index contributed by atoms with van der Waals surface area (Å²) < 4.78 is 11.2. The van der Waals surface area contributed by atoms with Crippen LogP contribution < -0.4 is 10.1 Å². The molecule has 1 saturated heterocycles. The third kappa shape index (κ3) is 6.32. The maximum atomic E-state index is 12.9. The van der Waals surface area contributed by atoms with Gasteiger partial charge in [-0.1, -0.05) is 48.5 Å². The topological polar surface area (TPSA) is 67.9 Å². The highest BCUT2D eigenvalue weighted by Crippen LogP contribution is 2.13. The third-order valence-corrected chi connectivity index (χ3v) is 5.00. The average molecular weight is 396 g/mol. The molecule has 0 saturated carbocycles. The molecule has 29 heavy (non-hydrogen) atoms. The molecule has 1 N–H and O–H groups in total. The Balaban J connectivity index is 1.63. The first-order valence-electron chi connectivity index (χ1n) is 10.0. The fraction of sp³-hybridized carbons (Fsp3) is 0.391. The molecule has 1 aliphatic rings. The van der Waals surface area contributed by atoms with E-state index in [4.69, 9.17) is 9.47 Å². The van der Waals surface area contributed by atoms with E-state index < -0.39 is 6.04 Å². The van der Waals surface area contributed by atoms with Crippen molar-refractivity contribution in [1.82, 2.24) is 10.2 Å². The molecular formula is C23H28N2O4. The number of nitrogens with zero attached hydrogens (tertiary/aromatic N) is 1. The number of amides is 2. The summed E-state index contributed by atoms with van der Waals surface area (Å²) in [5.41, 5.74) is 0.958. The number of para-hydroxylation sites is 1. The number of benzene rings is 2. The van der Waals surface area contributed by atoms with Gasteiger partial charge in [-0.05, 0) is 37.5 Å². The molecule has 0 radical (unpaired) electrons. The number of carbonyl (C=O) groups excluding carboxylic acids is 2. The van der Waals surface area contributed by atoms with Gasteiger partial charge in [-0.25, -0.2) is 0 Å². The SMILES string of the molecule is C[C@H](C(=O)NC[C@@H]1CCCO1)N(Cc1ccccc1)C(=O)COc1ccccc1. The van der Waals surface area contributed by atoms with Gasteiger partial charge in [0.05, 0.1) is 6.10 Å². The lowest BCUT2D eigenvalue weighted by Gasteiger charge is -2.29. The Kier molecular flexibility index (Phi) is 7.64. The van der Waals surface area contributed by atoms with Crippen molar-refractivity contribution in [3.63, 3.8) is 0 Å². The number of hydrogen-bond acceptors (Lipinski definition) is 4. The first kappa shape index (κ1) is 20.9. The van der Waals surface area contributed by atoms with Crippen LogP contribution in [0.4, 0.5) is 0 Å². The highest BCUT2D eigenvalue weighted by atomic mass is 16.5. The van der Waals surface area contributed by atoms with Crippen molar-refractivity contribution in [2.45, 2.75) is 38.5 Å². The van der Waals surface area contributed by atoms with Crippen LogP contribution in [-0.4, -0.2) is 48.6 Å². The molecular weight excluding hydrogens is 368 g/mol. The molecule has 0 bridgehead atoms. The highest BCUT2D eigenvalue weighted by Gasteiger charge is 2.27. The van der Waals surface area contributed by atoms with Crippen LogP contribution in [0.2, 0.25) is 0 Å². The Labute approximate surface area is 171 Å². The van der Waals surface area contributed by atoms with Gasteiger partial charge >= 0.3 is 0 Å². The second-order valence-corrected chi connectivity index (χ2v) is 7.17. The third-order valence-electron chi connectivity index (χ3n) is 5.00. The Morgan fingerprint density at radius 2 is 1.83 bits per heavy atom. The smallest absolute Gasteiger partial charge is 0.261 e. The molecule has 1 aliphatic heterocycles. The summed E-state index contributed by atoms with van der Waals surface area (Å²) in [5.74, 6) is 0.193. The number of rotatable bonds is 9. The van der Waals surface area contributed by atoms with E-state index in [0.717, 1.165) is 25.0 Å². The largest absolute Gasteiger partial charge is 0.484 e. The summed E-state index contributed by atoms with van der Waals surface area (Å²) in [4.78, 5) is 27.2. The van der Waals surface area contributed by atoms with Gasteiger partial charge in [-0.2, -0.15) is 0 Å². The van der Waals surface area contributed by atoms with Crippen molar-refractivity contribution in [3.8, 4) is 5.75 Å². The summed E-state index contributed by atoms with van der Waals surface area (Å²) in [5, 5.41) is 2.92. The van der Waals surface area contributed by atoms with Crippen molar-refractivity contribution in [3.05, 3.63) is 66.2 Å². The molecule has 2 amide bonds. The van der Waals surface area contributed by atoms with Crippen LogP contribution in [-0.2, 0) is 20.9 Å². The maximum Gasteiger partial charge on any atom is 0.261 e. The predicted octanol–water partition coefficient (Wildman–Crippen LogP) is 2.78. The van der Waals surface area contributed by atoms with E-state index >= 15 is 0 Å². The Morgan fingerprint density at radius 1 is 1.14 bits per heavy atom. The first-order chi connectivity index (χ1) is 14.1. The number of hydrogen-bond donors (Lipinski definition) is 1. The molecule has 0 spiro atoms. The van der Waals surface area contributed by atoms with E-state index in [1.54, 1.807) is 24.0 Å². The minimum absolute atomic E-state index is 0.0610. The van der Waals surface area contributed by atoms with Crippen LogP contribution >= 0.6 is 0 Å². The van der Waals surface area contributed by atoms with Crippen molar-refractivity contribution in [2.24, 2.45) is 0 Å². The van der Waals surface area contributed by atoms with Crippen molar-refractivity contribution in [1.29, 1.82) is 0 Å². The quantitative estimate of drug-likeness (QED) is 0.708. The van der Waals surface area contributed by atoms with Crippen LogP contribution in [0.15, 0.2) is 60.7 Å². The van der Waals surface area contributed by atoms with E-state index in [9.17, 15) is 9.59 Å². The zero-order valence-electron chi connectivity index (χ0n) is 16.8. The molecule has 3 rings (SSSR count). The molecule has 0 aliphatic carbocycles. The normalized spacial score (nSPS) is 16.8. The summed E-state index contributed by atoms with van der Waals surface area (Å²) in [7, 11) is 0. The van der Waals surface area contributed by atoms with E-state index in [1.807, 2.05) is 48.5 Å². The summed E-state index contributed by atoms with van der Waals surface area (Å²) >= 11 is 0. The van der Waals surface area contributed by atoms with Crippen molar-refractivity contribution >= 4 is 11.8 Å². The van der Waals surface area contributed by atoms with E-state index in [0.29, 0.717) is 18.8 Å². The molecule has 2 aromatic carbocycles. The van der Waals surface area contributed by atoms with E-state index in [2.05, 4.69) is 5.32 Å². The number of nitrogens with one attached hydrogen (secondary N) is 1. The lowest BCUT2D eigenvalue weighted by atomic mass is 10.1. The Morgan fingerprint density at radius 3 is 2.48 bits per heavy atom. The van der Waals surface area contributed by atoms with Crippen LogP contribution in [0.3, 0.4) is 0 Å². The fourth-order valence-corrected chi connectivity index (χ4v) is 3.27. The lowest BCUT2D eigenvalue weighted by Crippen LogP contribution is -2.50. The molecule has 0 unspecified atom stereocenters. The van der Waals surface area contributed by atoms with Crippen LogP contribution in [0.5, 0.6) is 5.75 Å². The van der Waals surface area contributed by atoms with Gasteiger partial charge in [-0.3, -0.25) is 9.59 Å². The zero-order valence-corrected chi connectivity index (χ0v) is 16.8. The molecule has 1 heterocycles. The minimum Gasteiger partial charge on any atom is -0.484 e. The number of carbonyl (C=O) groups is 2. The fourth-order valence-electron chi connectivity index (χ4n) is 3.27. The monoisotopic (exact) mass is 396 g/mol. The van der Waals surface area contributed by atoms with Crippen molar-refractivity contribution < 1.29 is 19.1 Å². The molecule has 2 aromatic rings. The lowest BCUT2D eigenvalue weighted by molar-refractivity contribution is -0.142. The summed E-state index contributed by atoms with van der Waals surface area (Å²) in [6.45, 7) is 3.17. The van der Waals surface area contributed by atoms with Gasteiger partial charge < -0.3 is 19.7 Å². The van der Waals surface area contributed by atoms with Gasteiger partial charge in [0.1, 0.15) is 11.8 Å². The van der Waals surface area contributed by atoms with Gasteiger partial charge in [0.25, 0.3) is 5.91 Å². The Bertz CT molecular complexity index is 776. The van der Waals surface area contributed by atoms with Gasteiger partial charge in [0.15, 0.2) is 6.61 Å². The predicted molar refractivity (Wildman–Crippen MR) is 110 cm³/mol. The van der Waals surface area contributed by atoms with Gasteiger partial charge in [0, 0.05) is 19.7 Å². The zero-order chi connectivity index (χ0) is 20.5. The van der Waals surface area contributed by atoms with Crippen LogP contribution in [0.25, 0.3) is 0 Å². The molecule has 154 valence electrons. The van der Waals surface area contributed by atoms with E-state index in [-0.39, 0.29) is 24.5 Å². The molecule has 6 heteroatoms. The number of ether oxygens (including phenoxy) is 2. The van der Waals surface area contributed by atoms with E-state index in [1.165, 1.54) is 0 Å². The molecule has 6 nitrogen and oxygen atoms in total. The van der Waals surface area contributed by atoms with Crippen LogP contribution in [0, 0.1) is 0 Å². The average Bonchev–Trinajstić information content (AvgIpc) is 3.29. The standard InChI is InChI=1S/C23H28N2O4/c1-18(23(27)24-15-21-13-8-14-28-21)25(16-19-9-4-2-5-10-19)22(26)17-29-20-11-6-3-7-12-20/h2-7,9-12,18,21H,8,13-17H2,1H3,(H,24,27)/t18-,21+/m1/s1. The maximum absolute atomic E-state index is 12.9.